The molecule has 1 aliphatic heterocycles. The Morgan fingerprint density at radius 3 is 2.55 bits per heavy atom. The Kier molecular flexibility index (Phi) is 5.36. The van der Waals surface area contributed by atoms with E-state index in [0.29, 0.717) is 23.3 Å². The lowest BCUT2D eigenvalue weighted by atomic mass is 9.94. The van der Waals surface area contributed by atoms with Gasteiger partial charge in [-0.1, -0.05) is 54.0 Å². The molecule has 0 radical (unpaired) electrons. The summed E-state index contributed by atoms with van der Waals surface area (Å²) >= 11 is 5.97. The maximum atomic E-state index is 12.7. The molecule has 0 saturated carbocycles. The SMILES string of the molecule is CCCN1C(=O)NC(c2ccccc2)C(c2nc(-c3ccc(Cl)cc3)no2)=C1C. The van der Waals surface area contributed by atoms with Crippen molar-refractivity contribution in [3.8, 4) is 11.4 Å². The minimum atomic E-state index is -0.365. The predicted octanol–water partition coefficient (Wildman–Crippen LogP) is 5.30. The van der Waals surface area contributed by atoms with Crippen LogP contribution >= 0.6 is 11.6 Å². The average Bonchev–Trinajstić information content (AvgIpc) is 3.21. The third-order valence-corrected chi connectivity index (χ3v) is 5.19. The standard InChI is InChI=1S/C22H21ClN4O2/c1-3-13-27-14(2)18(19(24-22(27)28)15-7-5-4-6-8-15)21-25-20(26-29-21)16-9-11-17(23)12-10-16/h4-12,19H,3,13H2,1-2H3,(H,24,28). The third-order valence-electron chi connectivity index (χ3n) is 4.94. The number of halogens is 1. The van der Waals surface area contributed by atoms with Crippen molar-refractivity contribution in [2.45, 2.75) is 26.3 Å². The number of nitrogens with zero attached hydrogens (tertiary/aromatic N) is 3. The number of carbonyl (C=O) groups excluding carboxylic acids is 1. The molecule has 4 rings (SSSR count). The van der Waals surface area contributed by atoms with E-state index in [0.717, 1.165) is 28.8 Å². The molecular formula is C22H21ClN4O2. The van der Waals surface area contributed by atoms with Crippen LogP contribution in [0.5, 0.6) is 0 Å². The Morgan fingerprint density at radius 2 is 1.86 bits per heavy atom. The van der Waals surface area contributed by atoms with Gasteiger partial charge in [0.25, 0.3) is 5.89 Å². The van der Waals surface area contributed by atoms with E-state index in [1.54, 1.807) is 17.0 Å². The van der Waals surface area contributed by atoms with E-state index >= 15 is 0 Å². The van der Waals surface area contributed by atoms with Gasteiger partial charge in [0.1, 0.15) is 0 Å². The first-order valence-electron chi connectivity index (χ1n) is 9.52. The molecule has 6 nitrogen and oxygen atoms in total. The van der Waals surface area contributed by atoms with Crippen LogP contribution in [0.15, 0.2) is 64.8 Å². The molecule has 0 bridgehead atoms. The molecule has 1 unspecified atom stereocenters. The highest BCUT2D eigenvalue weighted by Gasteiger charge is 2.35. The molecule has 1 aromatic heterocycles. The van der Waals surface area contributed by atoms with E-state index in [2.05, 4.69) is 15.5 Å². The zero-order valence-corrected chi connectivity index (χ0v) is 17.0. The molecule has 148 valence electrons. The summed E-state index contributed by atoms with van der Waals surface area (Å²) in [5, 5.41) is 7.88. The number of hydrogen-bond acceptors (Lipinski definition) is 4. The van der Waals surface area contributed by atoms with E-state index in [9.17, 15) is 4.79 Å². The maximum absolute atomic E-state index is 12.7. The molecule has 0 saturated heterocycles. The van der Waals surface area contributed by atoms with E-state index < -0.39 is 0 Å². The summed E-state index contributed by atoms with van der Waals surface area (Å²) in [6.45, 7) is 4.57. The molecule has 0 spiro atoms. The molecule has 1 atom stereocenters. The van der Waals surface area contributed by atoms with Crippen LogP contribution in [-0.2, 0) is 0 Å². The normalized spacial score (nSPS) is 16.9. The largest absolute Gasteiger partial charge is 0.334 e. The summed E-state index contributed by atoms with van der Waals surface area (Å²) in [5.74, 6) is 0.866. The molecular weight excluding hydrogens is 388 g/mol. The van der Waals surface area contributed by atoms with Gasteiger partial charge in [-0.25, -0.2) is 4.79 Å². The summed E-state index contributed by atoms with van der Waals surface area (Å²) in [5.41, 5.74) is 3.38. The van der Waals surface area contributed by atoms with E-state index in [1.807, 2.05) is 56.3 Å². The number of hydrogen-bond donors (Lipinski definition) is 1. The number of urea groups is 1. The monoisotopic (exact) mass is 408 g/mol. The second-order valence-electron chi connectivity index (χ2n) is 6.87. The first-order valence-corrected chi connectivity index (χ1v) is 9.90. The van der Waals surface area contributed by atoms with Gasteiger partial charge in [-0.15, -0.1) is 0 Å². The highest BCUT2D eigenvalue weighted by atomic mass is 35.5. The average molecular weight is 409 g/mol. The van der Waals surface area contributed by atoms with Crippen LogP contribution in [0.2, 0.25) is 5.02 Å². The Hall–Kier alpha value is -3.12. The molecule has 3 aromatic rings. The summed E-state index contributed by atoms with van der Waals surface area (Å²) in [4.78, 5) is 19.1. The van der Waals surface area contributed by atoms with E-state index in [1.165, 1.54) is 0 Å². The molecule has 2 heterocycles. The Bertz CT molecular complexity index is 1040. The molecule has 2 amide bonds. The second kappa shape index (κ2) is 8.09. The highest BCUT2D eigenvalue weighted by Crippen LogP contribution is 2.37. The second-order valence-corrected chi connectivity index (χ2v) is 7.31. The quantitative estimate of drug-likeness (QED) is 0.622. The topological polar surface area (TPSA) is 71.3 Å². The van der Waals surface area contributed by atoms with Gasteiger partial charge in [-0.3, -0.25) is 4.90 Å². The number of allylic oxidation sites excluding steroid dienone is 1. The van der Waals surface area contributed by atoms with Gasteiger partial charge in [-0.05, 0) is 43.2 Å². The van der Waals surface area contributed by atoms with Crippen LogP contribution in [0, 0.1) is 0 Å². The first kappa shape index (κ1) is 19.2. The molecule has 29 heavy (non-hydrogen) atoms. The molecule has 0 aliphatic carbocycles. The molecule has 7 heteroatoms. The minimum Gasteiger partial charge on any atom is -0.334 e. The van der Waals surface area contributed by atoms with Gasteiger partial charge < -0.3 is 9.84 Å². The van der Waals surface area contributed by atoms with Crippen LogP contribution < -0.4 is 5.32 Å². The van der Waals surface area contributed by atoms with Crippen molar-refractivity contribution in [1.29, 1.82) is 0 Å². The fraction of sp³-hybridized carbons (Fsp3) is 0.227. The number of carbonyl (C=O) groups is 1. The zero-order chi connectivity index (χ0) is 20.4. The van der Waals surface area contributed by atoms with Crippen molar-refractivity contribution in [3.05, 3.63) is 76.8 Å². The zero-order valence-electron chi connectivity index (χ0n) is 16.2. The van der Waals surface area contributed by atoms with E-state index in [-0.39, 0.29) is 12.1 Å². The Balaban J connectivity index is 1.80. The lowest BCUT2D eigenvalue weighted by Crippen LogP contribution is -2.46. The van der Waals surface area contributed by atoms with Crippen LogP contribution in [0.1, 0.15) is 37.8 Å². The Morgan fingerprint density at radius 1 is 1.14 bits per heavy atom. The Labute approximate surface area is 174 Å². The summed E-state index contributed by atoms with van der Waals surface area (Å²) < 4.78 is 5.64. The predicted molar refractivity (Wildman–Crippen MR) is 112 cm³/mol. The van der Waals surface area contributed by atoms with Gasteiger partial charge >= 0.3 is 6.03 Å². The van der Waals surface area contributed by atoms with Gasteiger partial charge in [0, 0.05) is 22.8 Å². The van der Waals surface area contributed by atoms with E-state index in [4.69, 9.17) is 16.1 Å². The maximum Gasteiger partial charge on any atom is 0.322 e. The fourth-order valence-electron chi connectivity index (χ4n) is 3.50. The lowest BCUT2D eigenvalue weighted by Gasteiger charge is -2.35. The number of amides is 2. The van der Waals surface area contributed by atoms with Crippen LogP contribution in [0.3, 0.4) is 0 Å². The van der Waals surface area contributed by atoms with Crippen LogP contribution in [0.25, 0.3) is 17.0 Å². The van der Waals surface area contributed by atoms with Gasteiger partial charge in [0.05, 0.1) is 11.6 Å². The van der Waals surface area contributed by atoms with Crippen molar-refractivity contribution in [2.24, 2.45) is 0 Å². The lowest BCUT2D eigenvalue weighted by molar-refractivity contribution is 0.205. The summed E-state index contributed by atoms with van der Waals surface area (Å²) in [6.07, 6.45) is 0.841. The molecule has 0 fully saturated rings. The van der Waals surface area contributed by atoms with Crippen molar-refractivity contribution >= 4 is 23.2 Å². The van der Waals surface area contributed by atoms with Crippen molar-refractivity contribution < 1.29 is 9.32 Å². The van der Waals surface area contributed by atoms with Gasteiger partial charge in [0.2, 0.25) is 5.82 Å². The minimum absolute atomic E-state index is 0.126. The number of nitrogens with one attached hydrogen (secondary N) is 1. The number of benzene rings is 2. The number of rotatable bonds is 5. The first-order chi connectivity index (χ1) is 14.1. The van der Waals surface area contributed by atoms with Crippen molar-refractivity contribution in [3.63, 3.8) is 0 Å². The fourth-order valence-corrected chi connectivity index (χ4v) is 3.62. The van der Waals surface area contributed by atoms with Crippen LogP contribution in [-0.4, -0.2) is 27.6 Å². The summed E-state index contributed by atoms with van der Waals surface area (Å²) in [6, 6.07) is 16.6. The van der Waals surface area contributed by atoms with Gasteiger partial charge in [0.15, 0.2) is 0 Å². The smallest absolute Gasteiger partial charge is 0.322 e. The molecule has 1 N–H and O–H groups in total. The molecule has 1 aliphatic rings. The molecule has 2 aromatic carbocycles. The highest BCUT2D eigenvalue weighted by molar-refractivity contribution is 6.30. The van der Waals surface area contributed by atoms with Crippen molar-refractivity contribution in [2.75, 3.05) is 6.54 Å². The summed E-state index contributed by atoms with van der Waals surface area (Å²) in [7, 11) is 0. The van der Waals surface area contributed by atoms with Gasteiger partial charge in [-0.2, -0.15) is 4.98 Å². The number of aromatic nitrogens is 2. The van der Waals surface area contributed by atoms with Crippen LogP contribution in [0.4, 0.5) is 4.79 Å². The third kappa shape index (κ3) is 3.76. The van der Waals surface area contributed by atoms with Crippen molar-refractivity contribution in [1.82, 2.24) is 20.4 Å².